The molecule has 0 aliphatic carbocycles. The van der Waals surface area contributed by atoms with Crippen LogP contribution in [0.2, 0.25) is 0 Å². The predicted octanol–water partition coefficient (Wildman–Crippen LogP) is 5.31. The minimum atomic E-state index is 0.879. The summed E-state index contributed by atoms with van der Waals surface area (Å²) in [5.74, 6) is 0.879. The second-order valence-corrected chi connectivity index (χ2v) is 5.69. The van der Waals surface area contributed by atoms with Crippen molar-refractivity contribution < 1.29 is 0 Å². The van der Waals surface area contributed by atoms with Gasteiger partial charge in [-0.05, 0) is 43.6 Å². The molecule has 108 valence electrons. The summed E-state index contributed by atoms with van der Waals surface area (Å²) < 4.78 is 0. The average Bonchev–Trinajstić information content (AvgIpc) is 2.44. The van der Waals surface area contributed by atoms with Gasteiger partial charge in [0.05, 0.1) is 0 Å². The maximum Gasteiger partial charge on any atom is 0.0325 e. The summed E-state index contributed by atoms with van der Waals surface area (Å²) in [4.78, 5) is 2.47. The molecule has 19 heavy (non-hydrogen) atoms. The van der Waals surface area contributed by atoms with Crippen molar-refractivity contribution in [1.82, 2.24) is 4.90 Å². The Morgan fingerprint density at radius 3 is 2.11 bits per heavy atom. The third kappa shape index (κ3) is 4.89. The fourth-order valence-electron chi connectivity index (χ4n) is 2.60. The molecular formula is C18H31N. The molecule has 0 saturated carbocycles. The molecule has 1 aliphatic heterocycles. The van der Waals surface area contributed by atoms with Crippen molar-refractivity contribution in [3.8, 4) is 0 Å². The zero-order valence-corrected chi connectivity index (χ0v) is 13.3. The Bertz CT molecular complexity index is 335. The highest BCUT2D eigenvalue weighted by molar-refractivity contribution is 5.32. The molecule has 1 nitrogen and oxygen atoms in total. The standard InChI is InChI=1S/C18H31N/c1-6-17(7-2)9-10-18(8-3)16(5)19-13-11-15(4)12-14-19/h9-10,15H,5-8,11-14H2,1-4H3/b18-10+. The van der Waals surface area contributed by atoms with Gasteiger partial charge in [-0.15, -0.1) is 0 Å². The smallest absolute Gasteiger partial charge is 0.0325 e. The third-order valence-corrected chi connectivity index (χ3v) is 4.35. The summed E-state index contributed by atoms with van der Waals surface area (Å²) in [6.07, 6.45) is 10.6. The lowest BCUT2D eigenvalue weighted by Gasteiger charge is -2.34. The van der Waals surface area contributed by atoms with E-state index in [1.165, 1.54) is 42.8 Å². The van der Waals surface area contributed by atoms with Gasteiger partial charge in [-0.3, -0.25) is 0 Å². The number of likely N-dealkylation sites (tertiary alicyclic amines) is 1. The van der Waals surface area contributed by atoms with E-state index in [1.807, 2.05) is 0 Å². The molecule has 0 N–H and O–H groups in total. The van der Waals surface area contributed by atoms with E-state index in [0.29, 0.717) is 0 Å². The van der Waals surface area contributed by atoms with Gasteiger partial charge < -0.3 is 4.90 Å². The molecule has 1 aliphatic rings. The molecule has 0 aromatic carbocycles. The minimum absolute atomic E-state index is 0.879. The van der Waals surface area contributed by atoms with Crippen LogP contribution in [0.15, 0.2) is 35.6 Å². The van der Waals surface area contributed by atoms with Crippen LogP contribution in [-0.2, 0) is 0 Å². The molecule has 0 unspecified atom stereocenters. The lowest BCUT2D eigenvalue weighted by Crippen LogP contribution is -2.32. The highest BCUT2D eigenvalue weighted by Gasteiger charge is 2.17. The van der Waals surface area contributed by atoms with Crippen LogP contribution in [-0.4, -0.2) is 18.0 Å². The summed E-state index contributed by atoms with van der Waals surface area (Å²) >= 11 is 0. The molecule has 0 amide bonds. The summed E-state index contributed by atoms with van der Waals surface area (Å²) in [5.41, 5.74) is 4.16. The van der Waals surface area contributed by atoms with Crippen molar-refractivity contribution >= 4 is 0 Å². The van der Waals surface area contributed by atoms with Crippen LogP contribution in [0.25, 0.3) is 0 Å². The van der Waals surface area contributed by atoms with Crippen LogP contribution < -0.4 is 0 Å². The zero-order valence-electron chi connectivity index (χ0n) is 13.3. The molecule has 0 radical (unpaired) electrons. The molecule has 0 aromatic rings. The van der Waals surface area contributed by atoms with E-state index in [-0.39, 0.29) is 0 Å². The Morgan fingerprint density at radius 1 is 1.05 bits per heavy atom. The first-order valence-corrected chi connectivity index (χ1v) is 7.95. The summed E-state index contributed by atoms with van der Waals surface area (Å²) in [7, 11) is 0. The molecule has 1 rings (SSSR count). The van der Waals surface area contributed by atoms with Gasteiger partial charge in [0.1, 0.15) is 0 Å². The molecule has 0 atom stereocenters. The van der Waals surface area contributed by atoms with Gasteiger partial charge in [-0.2, -0.15) is 0 Å². The maximum absolute atomic E-state index is 4.33. The SMILES string of the molecule is C=C(/C(=C/C=C(CC)CC)CC)N1CCC(C)CC1. The number of rotatable bonds is 6. The topological polar surface area (TPSA) is 3.24 Å². The minimum Gasteiger partial charge on any atom is -0.372 e. The lowest BCUT2D eigenvalue weighted by atomic mass is 9.97. The molecular weight excluding hydrogens is 230 g/mol. The number of nitrogens with zero attached hydrogens (tertiary/aromatic N) is 1. The van der Waals surface area contributed by atoms with E-state index >= 15 is 0 Å². The summed E-state index contributed by atoms with van der Waals surface area (Å²) in [5, 5.41) is 0. The second-order valence-electron chi connectivity index (χ2n) is 5.69. The van der Waals surface area contributed by atoms with Gasteiger partial charge in [0.2, 0.25) is 0 Å². The highest BCUT2D eigenvalue weighted by atomic mass is 15.1. The fraction of sp³-hybridized carbons (Fsp3) is 0.667. The van der Waals surface area contributed by atoms with Gasteiger partial charge in [0.25, 0.3) is 0 Å². The lowest BCUT2D eigenvalue weighted by molar-refractivity contribution is 0.241. The Kier molecular flexibility index (Phi) is 6.97. The molecule has 1 heteroatoms. The van der Waals surface area contributed by atoms with Crippen LogP contribution in [0.1, 0.15) is 59.8 Å². The number of hydrogen-bond acceptors (Lipinski definition) is 1. The van der Waals surface area contributed by atoms with Crippen LogP contribution in [0.3, 0.4) is 0 Å². The predicted molar refractivity (Wildman–Crippen MR) is 86.2 cm³/mol. The maximum atomic E-state index is 4.33. The largest absolute Gasteiger partial charge is 0.372 e. The summed E-state index contributed by atoms with van der Waals surface area (Å²) in [6.45, 7) is 15.7. The van der Waals surface area contributed by atoms with Crippen molar-refractivity contribution in [2.75, 3.05) is 13.1 Å². The molecule has 1 fully saturated rings. The quantitative estimate of drug-likeness (QED) is 0.585. The van der Waals surface area contributed by atoms with E-state index in [4.69, 9.17) is 0 Å². The van der Waals surface area contributed by atoms with Crippen LogP contribution in [0.5, 0.6) is 0 Å². The van der Waals surface area contributed by atoms with Gasteiger partial charge in [0, 0.05) is 18.8 Å². The number of piperidine rings is 1. The van der Waals surface area contributed by atoms with Crippen molar-refractivity contribution in [1.29, 1.82) is 0 Å². The summed E-state index contributed by atoms with van der Waals surface area (Å²) in [6, 6.07) is 0. The Morgan fingerprint density at radius 2 is 1.63 bits per heavy atom. The second kappa shape index (κ2) is 8.24. The molecule has 1 heterocycles. The van der Waals surface area contributed by atoms with Crippen molar-refractivity contribution in [2.24, 2.45) is 5.92 Å². The van der Waals surface area contributed by atoms with Gasteiger partial charge >= 0.3 is 0 Å². The van der Waals surface area contributed by atoms with Crippen LogP contribution >= 0.6 is 0 Å². The van der Waals surface area contributed by atoms with Crippen LogP contribution in [0, 0.1) is 5.92 Å². The van der Waals surface area contributed by atoms with Crippen LogP contribution in [0.4, 0.5) is 0 Å². The Hall–Kier alpha value is -0.980. The van der Waals surface area contributed by atoms with Crippen molar-refractivity contribution in [3.63, 3.8) is 0 Å². The first-order chi connectivity index (χ1) is 9.12. The Balaban J connectivity index is 2.71. The zero-order chi connectivity index (χ0) is 14.3. The highest BCUT2D eigenvalue weighted by Crippen LogP contribution is 2.24. The molecule has 0 spiro atoms. The molecule has 0 aromatic heterocycles. The van der Waals surface area contributed by atoms with E-state index in [0.717, 1.165) is 25.2 Å². The first kappa shape index (κ1) is 16.1. The molecule has 0 bridgehead atoms. The molecule has 1 saturated heterocycles. The average molecular weight is 261 g/mol. The van der Waals surface area contributed by atoms with Crippen molar-refractivity contribution in [3.05, 3.63) is 35.6 Å². The normalized spacial score (nSPS) is 17.5. The van der Waals surface area contributed by atoms with Gasteiger partial charge in [0.15, 0.2) is 0 Å². The van der Waals surface area contributed by atoms with Gasteiger partial charge in [-0.1, -0.05) is 52.0 Å². The number of hydrogen-bond donors (Lipinski definition) is 0. The van der Waals surface area contributed by atoms with E-state index < -0.39 is 0 Å². The first-order valence-electron chi connectivity index (χ1n) is 7.95. The third-order valence-electron chi connectivity index (χ3n) is 4.35. The fourth-order valence-corrected chi connectivity index (χ4v) is 2.60. The van der Waals surface area contributed by atoms with E-state index in [1.54, 1.807) is 0 Å². The van der Waals surface area contributed by atoms with E-state index in [2.05, 4.69) is 51.3 Å². The monoisotopic (exact) mass is 261 g/mol. The van der Waals surface area contributed by atoms with Crippen molar-refractivity contribution in [2.45, 2.75) is 59.8 Å². The Labute approximate surface area is 120 Å². The number of allylic oxidation sites excluding steroid dienone is 4. The van der Waals surface area contributed by atoms with E-state index in [9.17, 15) is 0 Å². The van der Waals surface area contributed by atoms with Gasteiger partial charge in [-0.25, -0.2) is 0 Å².